The van der Waals surface area contributed by atoms with Crippen molar-refractivity contribution in [3.8, 4) is 6.07 Å². The fraction of sp³-hybridized carbons (Fsp3) is 0.480. The molecule has 2 unspecified atom stereocenters. The summed E-state index contributed by atoms with van der Waals surface area (Å²) in [6.07, 6.45) is 5.94. The average Bonchev–Trinajstić information content (AvgIpc) is 2.75. The molecule has 1 saturated heterocycles. The lowest BCUT2D eigenvalue weighted by atomic mass is 9.79. The van der Waals surface area contributed by atoms with Gasteiger partial charge in [0, 0.05) is 18.5 Å². The Labute approximate surface area is 169 Å². The Kier molecular flexibility index (Phi) is 7.62. The molecule has 28 heavy (non-hydrogen) atoms. The SMILES string of the molecule is CC1CN(C2CCC(C#N)CC2)CCC1c1ccccc1.Fc1ccccc1. The van der Waals surface area contributed by atoms with Crippen LogP contribution in [-0.2, 0) is 0 Å². The van der Waals surface area contributed by atoms with Crippen molar-refractivity contribution >= 4 is 0 Å². The van der Waals surface area contributed by atoms with Crippen LogP contribution >= 0.6 is 0 Å². The molecule has 0 aromatic heterocycles. The van der Waals surface area contributed by atoms with E-state index in [1.165, 1.54) is 50.0 Å². The van der Waals surface area contributed by atoms with Crippen LogP contribution in [0.15, 0.2) is 60.7 Å². The normalized spacial score (nSPS) is 27.9. The van der Waals surface area contributed by atoms with Gasteiger partial charge in [-0.1, -0.05) is 55.5 Å². The Hall–Kier alpha value is -2.18. The van der Waals surface area contributed by atoms with Gasteiger partial charge in [0.15, 0.2) is 0 Å². The van der Waals surface area contributed by atoms with Gasteiger partial charge >= 0.3 is 0 Å². The summed E-state index contributed by atoms with van der Waals surface area (Å²) in [6, 6.07) is 22.1. The van der Waals surface area contributed by atoms with Crippen LogP contribution in [0.2, 0.25) is 0 Å². The van der Waals surface area contributed by atoms with Crippen LogP contribution in [0.3, 0.4) is 0 Å². The molecule has 1 aliphatic carbocycles. The maximum atomic E-state index is 11.9. The summed E-state index contributed by atoms with van der Waals surface area (Å²) in [7, 11) is 0. The summed E-state index contributed by atoms with van der Waals surface area (Å²) in [6.45, 7) is 4.86. The van der Waals surface area contributed by atoms with Crippen molar-refractivity contribution < 1.29 is 4.39 Å². The minimum Gasteiger partial charge on any atom is -0.300 e. The minimum atomic E-state index is -0.178. The van der Waals surface area contributed by atoms with Gasteiger partial charge in [-0.25, -0.2) is 4.39 Å². The fourth-order valence-corrected chi connectivity index (χ4v) is 4.69. The number of hydrogen-bond donors (Lipinski definition) is 0. The predicted molar refractivity (Wildman–Crippen MR) is 112 cm³/mol. The lowest BCUT2D eigenvalue weighted by molar-refractivity contribution is 0.0863. The number of nitrogens with zero attached hydrogens (tertiary/aromatic N) is 2. The molecule has 0 amide bonds. The van der Waals surface area contributed by atoms with Crippen LogP contribution in [-0.4, -0.2) is 24.0 Å². The fourth-order valence-electron chi connectivity index (χ4n) is 4.69. The van der Waals surface area contributed by atoms with Crippen molar-refractivity contribution in [2.75, 3.05) is 13.1 Å². The first-order valence-corrected chi connectivity index (χ1v) is 10.6. The zero-order valence-electron chi connectivity index (χ0n) is 16.8. The molecular weight excluding hydrogens is 347 g/mol. The molecule has 0 N–H and O–H groups in total. The van der Waals surface area contributed by atoms with Crippen LogP contribution in [0.5, 0.6) is 0 Å². The summed E-state index contributed by atoms with van der Waals surface area (Å²) >= 11 is 0. The quantitative estimate of drug-likeness (QED) is 0.639. The molecule has 2 nitrogen and oxygen atoms in total. The smallest absolute Gasteiger partial charge is 0.123 e. The number of piperidine rings is 1. The second-order valence-electron chi connectivity index (χ2n) is 8.21. The molecule has 2 fully saturated rings. The van der Waals surface area contributed by atoms with Crippen molar-refractivity contribution in [1.29, 1.82) is 5.26 Å². The van der Waals surface area contributed by atoms with Crippen molar-refractivity contribution in [3.63, 3.8) is 0 Å². The van der Waals surface area contributed by atoms with E-state index in [1.807, 2.05) is 0 Å². The minimum absolute atomic E-state index is 0.178. The Balaban J connectivity index is 0.000000271. The molecule has 148 valence electrons. The van der Waals surface area contributed by atoms with Gasteiger partial charge in [0.2, 0.25) is 0 Å². The van der Waals surface area contributed by atoms with E-state index in [9.17, 15) is 4.39 Å². The third kappa shape index (κ3) is 5.66. The molecular formula is C25H31FN2. The lowest BCUT2D eigenvalue weighted by Crippen LogP contribution is -2.45. The molecule has 2 aliphatic rings. The number of likely N-dealkylation sites (tertiary alicyclic amines) is 1. The molecule has 1 saturated carbocycles. The highest BCUT2D eigenvalue weighted by atomic mass is 19.1. The van der Waals surface area contributed by atoms with E-state index in [0.29, 0.717) is 5.92 Å². The summed E-state index contributed by atoms with van der Waals surface area (Å²) in [4.78, 5) is 2.71. The molecule has 3 heteroatoms. The largest absolute Gasteiger partial charge is 0.300 e. The molecule has 0 spiro atoms. The van der Waals surface area contributed by atoms with Gasteiger partial charge in [-0.3, -0.25) is 0 Å². The van der Waals surface area contributed by atoms with Gasteiger partial charge in [0.1, 0.15) is 5.82 Å². The van der Waals surface area contributed by atoms with E-state index in [1.54, 1.807) is 18.2 Å². The first kappa shape index (κ1) is 20.6. The van der Waals surface area contributed by atoms with Crippen molar-refractivity contribution in [3.05, 3.63) is 72.0 Å². The third-order valence-corrected chi connectivity index (χ3v) is 6.29. The highest BCUT2D eigenvalue weighted by Crippen LogP contribution is 2.36. The number of rotatable bonds is 2. The third-order valence-electron chi connectivity index (χ3n) is 6.29. The van der Waals surface area contributed by atoms with E-state index in [2.05, 4.69) is 48.2 Å². The summed E-state index contributed by atoms with van der Waals surface area (Å²) in [5.41, 5.74) is 1.51. The van der Waals surface area contributed by atoms with Crippen LogP contribution in [0.4, 0.5) is 4.39 Å². The Morgan fingerprint density at radius 2 is 1.50 bits per heavy atom. The van der Waals surface area contributed by atoms with E-state index in [4.69, 9.17) is 5.26 Å². The molecule has 1 heterocycles. The second-order valence-corrected chi connectivity index (χ2v) is 8.21. The molecule has 2 atom stereocenters. The van der Waals surface area contributed by atoms with Gasteiger partial charge in [0.05, 0.1) is 6.07 Å². The Morgan fingerprint density at radius 3 is 2.00 bits per heavy atom. The Morgan fingerprint density at radius 1 is 0.893 bits per heavy atom. The maximum absolute atomic E-state index is 11.9. The molecule has 2 aromatic rings. The molecule has 2 aromatic carbocycles. The number of nitriles is 1. The predicted octanol–water partition coefficient (Wildman–Crippen LogP) is 6.02. The van der Waals surface area contributed by atoms with Crippen molar-refractivity contribution in [2.45, 2.75) is 51.0 Å². The van der Waals surface area contributed by atoms with Crippen molar-refractivity contribution in [2.24, 2.45) is 11.8 Å². The zero-order chi connectivity index (χ0) is 19.8. The van der Waals surface area contributed by atoms with Crippen LogP contribution in [0, 0.1) is 29.0 Å². The summed E-state index contributed by atoms with van der Waals surface area (Å²) in [5, 5.41) is 9.03. The highest BCUT2D eigenvalue weighted by molar-refractivity contribution is 5.21. The van der Waals surface area contributed by atoms with E-state index in [0.717, 1.165) is 30.7 Å². The number of halogens is 1. The van der Waals surface area contributed by atoms with Crippen LogP contribution < -0.4 is 0 Å². The molecule has 1 aliphatic heterocycles. The van der Waals surface area contributed by atoms with E-state index < -0.39 is 0 Å². The Bertz CT molecular complexity index is 732. The highest BCUT2D eigenvalue weighted by Gasteiger charge is 2.32. The van der Waals surface area contributed by atoms with Gasteiger partial charge in [0.25, 0.3) is 0 Å². The molecule has 0 bridgehead atoms. The van der Waals surface area contributed by atoms with Gasteiger partial charge in [-0.15, -0.1) is 0 Å². The van der Waals surface area contributed by atoms with Gasteiger partial charge in [-0.2, -0.15) is 5.26 Å². The molecule has 0 radical (unpaired) electrons. The van der Waals surface area contributed by atoms with E-state index >= 15 is 0 Å². The van der Waals surface area contributed by atoms with Gasteiger partial charge in [-0.05, 0) is 68.2 Å². The van der Waals surface area contributed by atoms with E-state index in [-0.39, 0.29) is 5.82 Å². The second kappa shape index (κ2) is 10.4. The first-order chi connectivity index (χ1) is 13.7. The van der Waals surface area contributed by atoms with Gasteiger partial charge < -0.3 is 4.90 Å². The monoisotopic (exact) mass is 378 g/mol. The average molecular weight is 379 g/mol. The van der Waals surface area contributed by atoms with Crippen LogP contribution in [0.25, 0.3) is 0 Å². The summed E-state index contributed by atoms with van der Waals surface area (Å²) < 4.78 is 11.9. The number of hydrogen-bond acceptors (Lipinski definition) is 2. The maximum Gasteiger partial charge on any atom is 0.123 e. The lowest BCUT2D eigenvalue weighted by Gasteiger charge is -2.43. The van der Waals surface area contributed by atoms with Crippen LogP contribution in [0.1, 0.15) is 50.5 Å². The van der Waals surface area contributed by atoms with Crippen molar-refractivity contribution in [1.82, 2.24) is 4.90 Å². The molecule has 4 rings (SSSR count). The topological polar surface area (TPSA) is 27.0 Å². The first-order valence-electron chi connectivity index (χ1n) is 10.6. The zero-order valence-corrected chi connectivity index (χ0v) is 16.8. The standard InChI is InChI=1S/C19H26N2.C6H5F/c1-15-14-21(18-9-7-16(13-20)8-10-18)12-11-19(15)17-5-3-2-4-6-17;7-6-4-2-1-3-5-6/h2-6,15-16,18-19H,7-12,14H2,1H3;1-5H. The summed E-state index contributed by atoms with van der Waals surface area (Å²) in [5.74, 6) is 1.59. The number of benzene rings is 2.